The number of carbonyl (C=O) groups excluding carboxylic acids is 2. The lowest BCUT2D eigenvalue weighted by molar-refractivity contribution is -0.461. The Bertz CT molecular complexity index is 1320. The summed E-state index contributed by atoms with van der Waals surface area (Å²) in [5.74, 6) is -59.9. The molecule has 0 aromatic heterocycles. The van der Waals surface area contributed by atoms with Crippen LogP contribution in [-0.4, -0.2) is 99.9 Å². The minimum absolute atomic E-state index is 0. The minimum Gasteiger partial charge on any atom is -0.465 e. The monoisotopic (exact) mass is 958 g/mol. The van der Waals surface area contributed by atoms with Gasteiger partial charge < -0.3 is 22.8 Å². The van der Waals surface area contributed by atoms with Crippen LogP contribution in [0.5, 0.6) is 0 Å². The molecule has 0 saturated carbocycles. The molecule has 372 valence electrons. The molecule has 0 aromatic rings. The summed E-state index contributed by atoms with van der Waals surface area (Å²) in [5.41, 5.74) is -3.49. The molecule has 0 fully saturated rings. The lowest BCUT2D eigenvalue weighted by atomic mass is 9.72. The quantitative estimate of drug-likeness (QED) is 0.0413. The summed E-state index contributed by atoms with van der Waals surface area (Å²) in [5, 5.41) is 0. The van der Waals surface area contributed by atoms with E-state index in [1.165, 1.54) is 13.8 Å². The van der Waals surface area contributed by atoms with Gasteiger partial charge in [0.05, 0.1) is 30.5 Å². The van der Waals surface area contributed by atoms with Crippen molar-refractivity contribution in [2.75, 3.05) is 13.2 Å². The first-order valence-electron chi connectivity index (χ1n) is 17.1. The molecule has 61 heavy (non-hydrogen) atoms. The fourth-order valence-electron chi connectivity index (χ4n) is 5.17. The summed E-state index contributed by atoms with van der Waals surface area (Å²) in [7, 11) is -3.31. The second-order valence-electron chi connectivity index (χ2n) is 14.9. The summed E-state index contributed by atoms with van der Waals surface area (Å²) in [6.07, 6.45) is -12.1. The van der Waals surface area contributed by atoms with E-state index in [4.69, 9.17) is 18.0 Å². The molecule has 0 heterocycles. The SMILES string of the molecule is C.C.C.C.CCC(C)(CC(C)(C)C(=O)OCCC(F)(F)C(F)(F)C(F)(F)C(F)(F)C(F)(F)C(F)(F)C(F)(F)C(F)(F)F)C(=O)OCCC[Si](OC(C)C)(OC(C)C)OC(C)C. The van der Waals surface area contributed by atoms with E-state index in [2.05, 4.69) is 4.74 Å². The van der Waals surface area contributed by atoms with Crippen LogP contribution in [0.2, 0.25) is 6.04 Å². The van der Waals surface area contributed by atoms with E-state index in [0.717, 1.165) is 13.8 Å². The average Bonchev–Trinajstić information content (AvgIpc) is 3.00. The molecular formula is C36H63F17O7Si. The Morgan fingerprint density at radius 2 is 0.836 bits per heavy atom. The van der Waals surface area contributed by atoms with Crippen LogP contribution in [0.3, 0.4) is 0 Å². The molecule has 0 radical (unpaired) electrons. The fraction of sp³-hybridized carbons (Fsp3) is 0.944. The number of alkyl halides is 17. The van der Waals surface area contributed by atoms with Crippen LogP contribution in [0.15, 0.2) is 0 Å². The summed E-state index contributed by atoms with van der Waals surface area (Å²) >= 11 is 0. The highest BCUT2D eigenvalue weighted by Crippen LogP contribution is 2.64. The van der Waals surface area contributed by atoms with Crippen molar-refractivity contribution in [3.05, 3.63) is 0 Å². The highest BCUT2D eigenvalue weighted by molar-refractivity contribution is 6.60. The highest BCUT2D eigenvalue weighted by Gasteiger charge is 2.95. The third-order valence-electron chi connectivity index (χ3n) is 8.20. The average molecular weight is 959 g/mol. The molecular weight excluding hydrogens is 895 g/mol. The van der Waals surface area contributed by atoms with Gasteiger partial charge in [-0.15, -0.1) is 0 Å². The molecule has 0 rings (SSSR count). The Hall–Kier alpha value is -2.15. The lowest BCUT2D eigenvalue weighted by Crippen LogP contribution is -2.74. The summed E-state index contributed by atoms with van der Waals surface area (Å²) in [6.45, 7) is 13.1. The Morgan fingerprint density at radius 1 is 0.508 bits per heavy atom. The fourth-order valence-corrected chi connectivity index (χ4v) is 8.43. The van der Waals surface area contributed by atoms with Crippen molar-refractivity contribution in [1.82, 2.24) is 0 Å². The van der Waals surface area contributed by atoms with Crippen LogP contribution in [0, 0.1) is 10.8 Å². The number of carbonyl (C=O) groups is 2. The van der Waals surface area contributed by atoms with Gasteiger partial charge >= 0.3 is 68.4 Å². The molecule has 1 atom stereocenters. The first-order chi connectivity index (χ1) is 25.0. The molecule has 7 nitrogen and oxygen atoms in total. The van der Waals surface area contributed by atoms with Crippen LogP contribution in [0.1, 0.15) is 125 Å². The standard InChI is InChI=1S/C32H47F17O7Si.4CH4/c1-11-24(10,22(51)52-14-12-16-57(54-18(2)3,55-19(4)5)56-20(6)7)17-23(8,9)21(50)53-15-13-25(33,34)26(35,36)27(37,38)28(39,40)29(41,42)30(43,44)31(45,46)32(47,48)49;;;;/h18-20H,11-17H2,1-10H3;4*1H4. The maximum Gasteiger partial charge on any atom is 0.501 e. The number of halogens is 17. The van der Waals surface area contributed by atoms with Gasteiger partial charge in [-0.2, -0.15) is 74.6 Å². The van der Waals surface area contributed by atoms with E-state index in [-0.39, 0.29) is 73.5 Å². The van der Waals surface area contributed by atoms with Crippen molar-refractivity contribution in [1.29, 1.82) is 0 Å². The van der Waals surface area contributed by atoms with Gasteiger partial charge in [-0.3, -0.25) is 9.59 Å². The van der Waals surface area contributed by atoms with Gasteiger partial charge in [0.1, 0.15) is 0 Å². The molecule has 0 N–H and O–H groups in total. The van der Waals surface area contributed by atoms with Crippen LogP contribution in [0.4, 0.5) is 74.6 Å². The Morgan fingerprint density at radius 3 is 1.16 bits per heavy atom. The third kappa shape index (κ3) is 14.4. The van der Waals surface area contributed by atoms with Gasteiger partial charge in [0.2, 0.25) is 0 Å². The zero-order chi connectivity index (χ0) is 45.9. The van der Waals surface area contributed by atoms with Gasteiger partial charge in [-0.25, -0.2) is 0 Å². The normalized spacial score (nSPS) is 15.0. The lowest BCUT2D eigenvalue weighted by Gasteiger charge is -2.42. The van der Waals surface area contributed by atoms with E-state index in [1.807, 2.05) is 0 Å². The molecule has 0 aromatic carbocycles. The second kappa shape index (κ2) is 22.7. The van der Waals surface area contributed by atoms with Gasteiger partial charge in [-0.05, 0) is 81.6 Å². The smallest absolute Gasteiger partial charge is 0.465 e. The first-order valence-corrected chi connectivity index (χ1v) is 19.0. The molecule has 0 aliphatic heterocycles. The number of hydrogen-bond acceptors (Lipinski definition) is 7. The van der Waals surface area contributed by atoms with E-state index >= 15 is 0 Å². The summed E-state index contributed by atoms with van der Waals surface area (Å²) in [6, 6.07) is 0.200. The molecule has 1 unspecified atom stereocenters. The first kappa shape index (κ1) is 67.9. The van der Waals surface area contributed by atoms with E-state index in [9.17, 15) is 84.2 Å². The number of rotatable bonds is 24. The molecule has 0 aliphatic rings. The number of hydrogen-bond donors (Lipinski definition) is 0. The minimum atomic E-state index is -8.75. The molecule has 25 heteroatoms. The van der Waals surface area contributed by atoms with Crippen LogP contribution in [-0.2, 0) is 32.3 Å². The van der Waals surface area contributed by atoms with E-state index < -0.39 is 98.7 Å². The van der Waals surface area contributed by atoms with Crippen molar-refractivity contribution < 1.29 is 107 Å². The van der Waals surface area contributed by atoms with Crippen LogP contribution >= 0.6 is 0 Å². The van der Waals surface area contributed by atoms with Gasteiger partial charge in [0, 0.05) is 24.4 Å². The van der Waals surface area contributed by atoms with Crippen LogP contribution < -0.4 is 0 Å². The van der Waals surface area contributed by atoms with Crippen LogP contribution in [0.25, 0.3) is 0 Å². The molecule has 0 saturated heterocycles. The Balaban J connectivity index is -0.00000261. The Labute approximate surface area is 348 Å². The van der Waals surface area contributed by atoms with Gasteiger partial charge in [0.25, 0.3) is 0 Å². The zero-order valence-corrected chi connectivity index (χ0v) is 33.5. The second-order valence-corrected chi connectivity index (χ2v) is 17.5. The van der Waals surface area contributed by atoms with Gasteiger partial charge in [-0.1, -0.05) is 36.6 Å². The highest BCUT2D eigenvalue weighted by atomic mass is 28.4. The number of ether oxygens (including phenoxy) is 2. The summed E-state index contributed by atoms with van der Waals surface area (Å²) < 4.78 is 258. The van der Waals surface area contributed by atoms with Crippen molar-refractivity contribution >= 4 is 20.7 Å². The van der Waals surface area contributed by atoms with Crippen molar-refractivity contribution in [2.24, 2.45) is 10.8 Å². The van der Waals surface area contributed by atoms with E-state index in [1.54, 1.807) is 41.5 Å². The largest absolute Gasteiger partial charge is 0.501 e. The predicted molar refractivity (Wildman–Crippen MR) is 195 cm³/mol. The number of esters is 2. The van der Waals surface area contributed by atoms with Gasteiger partial charge in [0.15, 0.2) is 0 Å². The third-order valence-corrected chi connectivity index (χ3v) is 11.7. The molecule has 0 bridgehead atoms. The Kier molecular flexibility index (Phi) is 25.2. The van der Waals surface area contributed by atoms with E-state index in [0.29, 0.717) is 0 Å². The molecule has 0 aliphatic carbocycles. The summed E-state index contributed by atoms with van der Waals surface area (Å²) in [4.78, 5) is 25.9. The van der Waals surface area contributed by atoms with Crippen molar-refractivity contribution in [3.63, 3.8) is 0 Å². The maximum atomic E-state index is 14.3. The molecule has 0 amide bonds. The zero-order valence-electron chi connectivity index (χ0n) is 32.5. The van der Waals surface area contributed by atoms with Crippen molar-refractivity contribution in [3.8, 4) is 0 Å². The van der Waals surface area contributed by atoms with Crippen molar-refractivity contribution in [2.45, 2.75) is 197 Å². The molecule has 0 spiro atoms. The maximum absolute atomic E-state index is 14.3. The predicted octanol–water partition coefficient (Wildman–Crippen LogP) is 13.5. The topological polar surface area (TPSA) is 80.3 Å².